The highest BCUT2D eigenvalue weighted by Crippen LogP contribution is 2.23. The fraction of sp³-hybridized carbons (Fsp3) is 0.538. The third-order valence-corrected chi connectivity index (χ3v) is 3.17. The number of methoxy groups -OCH3 is 1. The number of anilines is 1. The largest absolute Gasteiger partial charge is 0.378 e. The van der Waals surface area contributed by atoms with Crippen LogP contribution in [0, 0.1) is 18.3 Å². The molecule has 1 aromatic heterocycles. The number of nitriles is 1. The summed E-state index contributed by atoms with van der Waals surface area (Å²) in [6.07, 6.45) is 0.868. The Balaban J connectivity index is 2.06. The SMILES string of the molecule is COC1(CNc2cc(C#N)cc(C)n2)CCOC1. The van der Waals surface area contributed by atoms with Crippen LogP contribution in [0.5, 0.6) is 0 Å². The predicted octanol–water partition coefficient (Wildman–Crippen LogP) is 1.48. The van der Waals surface area contributed by atoms with Crippen molar-refractivity contribution >= 4 is 5.82 Å². The van der Waals surface area contributed by atoms with Gasteiger partial charge in [-0.25, -0.2) is 4.98 Å². The van der Waals surface area contributed by atoms with Gasteiger partial charge < -0.3 is 14.8 Å². The van der Waals surface area contributed by atoms with E-state index in [0.29, 0.717) is 24.5 Å². The summed E-state index contributed by atoms with van der Waals surface area (Å²) >= 11 is 0. The van der Waals surface area contributed by atoms with Crippen molar-refractivity contribution < 1.29 is 9.47 Å². The van der Waals surface area contributed by atoms with Crippen molar-refractivity contribution in [2.45, 2.75) is 18.9 Å². The Kier molecular flexibility index (Phi) is 3.80. The minimum Gasteiger partial charge on any atom is -0.378 e. The van der Waals surface area contributed by atoms with E-state index in [1.54, 1.807) is 19.2 Å². The highest BCUT2D eigenvalue weighted by Gasteiger charge is 2.34. The molecule has 1 N–H and O–H groups in total. The Morgan fingerprint density at radius 3 is 3.06 bits per heavy atom. The molecule has 18 heavy (non-hydrogen) atoms. The van der Waals surface area contributed by atoms with Gasteiger partial charge >= 0.3 is 0 Å². The smallest absolute Gasteiger partial charge is 0.127 e. The number of pyridine rings is 1. The molecule has 0 aromatic carbocycles. The highest BCUT2D eigenvalue weighted by molar-refractivity contribution is 5.44. The summed E-state index contributed by atoms with van der Waals surface area (Å²) in [5.41, 5.74) is 1.16. The van der Waals surface area contributed by atoms with Crippen molar-refractivity contribution in [2.75, 3.05) is 32.2 Å². The van der Waals surface area contributed by atoms with Crippen molar-refractivity contribution in [3.05, 3.63) is 23.4 Å². The van der Waals surface area contributed by atoms with Gasteiger partial charge in [0.15, 0.2) is 0 Å². The average molecular weight is 247 g/mol. The number of nitrogens with one attached hydrogen (secondary N) is 1. The number of ether oxygens (including phenoxy) is 2. The van der Waals surface area contributed by atoms with Crippen molar-refractivity contribution in [1.29, 1.82) is 5.26 Å². The number of aromatic nitrogens is 1. The van der Waals surface area contributed by atoms with Crippen LogP contribution in [0.4, 0.5) is 5.82 Å². The van der Waals surface area contributed by atoms with Gasteiger partial charge in [-0.15, -0.1) is 0 Å². The first-order valence-corrected chi connectivity index (χ1v) is 5.93. The molecular formula is C13H17N3O2. The lowest BCUT2D eigenvalue weighted by Gasteiger charge is -2.26. The van der Waals surface area contributed by atoms with Crippen LogP contribution in [0.25, 0.3) is 0 Å². The van der Waals surface area contributed by atoms with Crippen LogP contribution in [-0.2, 0) is 9.47 Å². The molecular weight excluding hydrogens is 230 g/mol. The van der Waals surface area contributed by atoms with Crippen molar-refractivity contribution in [3.63, 3.8) is 0 Å². The maximum absolute atomic E-state index is 8.91. The van der Waals surface area contributed by atoms with Gasteiger partial charge in [-0.3, -0.25) is 0 Å². The zero-order chi connectivity index (χ0) is 13.0. The van der Waals surface area contributed by atoms with E-state index in [1.165, 1.54) is 0 Å². The van der Waals surface area contributed by atoms with E-state index in [-0.39, 0.29) is 5.60 Å². The molecule has 0 saturated carbocycles. The molecule has 5 heteroatoms. The second-order valence-electron chi connectivity index (χ2n) is 4.54. The van der Waals surface area contributed by atoms with Crippen LogP contribution in [0.3, 0.4) is 0 Å². The van der Waals surface area contributed by atoms with E-state index < -0.39 is 0 Å². The summed E-state index contributed by atoms with van der Waals surface area (Å²) in [6, 6.07) is 5.63. The maximum Gasteiger partial charge on any atom is 0.127 e. The molecule has 1 atom stereocenters. The molecule has 1 unspecified atom stereocenters. The minimum absolute atomic E-state index is 0.280. The lowest BCUT2D eigenvalue weighted by molar-refractivity contribution is -0.00625. The van der Waals surface area contributed by atoms with E-state index >= 15 is 0 Å². The Morgan fingerprint density at radius 2 is 2.44 bits per heavy atom. The second-order valence-corrected chi connectivity index (χ2v) is 4.54. The van der Waals surface area contributed by atoms with Crippen LogP contribution in [0.15, 0.2) is 12.1 Å². The summed E-state index contributed by atoms with van der Waals surface area (Å²) in [5.74, 6) is 0.704. The number of rotatable bonds is 4. The second kappa shape index (κ2) is 5.34. The van der Waals surface area contributed by atoms with Crippen LogP contribution < -0.4 is 5.32 Å². The molecule has 0 bridgehead atoms. The summed E-state index contributed by atoms with van der Waals surface area (Å²) in [6.45, 7) is 3.81. The van der Waals surface area contributed by atoms with Crippen molar-refractivity contribution in [2.24, 2.45) is 0 Å². The molecule has 1 aliphatic rings. The number of aryl methyl sites for hydroxylation is 1. The molecule has 0 spiro atoms. The summed E-state index contributed by atoms with van der Waals surface area (Å²) in [5, 5.41) is 12.1. The number of hydrogen-bond donors (Lipinski definition) is 1. The molecule has 2 heterocycles. The van der Waals surface area contributed by atoms with Gasteiger partial charge in [-0.1, -0.05) is 0 Å². The highest BCUT2D eigenvalue weighted by atomic mass is 16.5. The normalized spacial score (nSPS) is 22.7. The summed E-state index contributed by atoms with van der Waals surface area (Å²) in [7, 11) is 1.70. The maximum atomic E-state index is 8.91. The molecule has 0 radical (unpaired) electrons. The van der Waals surface area contributed by atoms with Gasteiger partial charge in [-0.2, -0.15) is 5.26 Å². The van der Waals surface area contributed by atoms with Gasteiger partial charge in [0.1, 0.15) is 11.4 Å². The topological polar surface area (TPSA) is 67.2 Å². The third kappa shape index (κ3) is 2.78. The van der Waals surface area contributed by atoms with Crippen molar-refractivity contribution in [1.82, 2.24) is 4.98 Å². The Morgan fingerprint density at radius 1 is 1.61 bits per heavy atom. The van der Waals surface area contributed by atoms with Gasteiger partial charge in [0, 0.05) is 32.4 Å². The lowest BCUT2D eigenvalue weighted by Crippen LogP contribution is -2.39. The fourth-order valence-electron chi connectivity index (χ4n) is 2.04. The first-order chi connectivity index (χ1) is 8.67. The quantitative estimate of drug-likeness (QED) is 0.872. The first kappa shape index (κ1) is 12.8. The zero-order valence-electron chi connectivity index (χ0n) is 10.7. The predicted molar refractivity (Wildman–Crippen MR) is 67.4 cm³/mol. The summed E-state index contributed by atoms with van der Waals surface area (Å²) < 4.78 is 10.9. The molecule has 1 aromatic rings. The molecule has 0 amide bonds. The Bertz CT molecular complexity index is 462. The van der Waals surface area contributed by atoms with Gasteiger partial charge in [0.25, 0.3) is 0 Å². The van der Waals surface area contributed by atoms with Crippen LogP contribution in [-0.4, -0.2) is 37.5 Å². The molecule has 5 nitrogen and oxygen atoms in total. The third-order valence-electron chi connectivity index (χ3n) is 3.17. The fourth-order valence-corrected chi connectivity index (χ4v) is 2.04. The van der Waals surface area contributed by atoms with Crippen LogP contribution >= 0.6 is 0 Å². The number of nitrogens with zero attached hydrogens (tertiary/aromatic N) is 2. The lowest BCUT2D eigenvalue weighted by atomic mass is 10.0. The summed E-state index contributed by atoms with van der Waals surface area (Å²) in [4.78, 5) is 4.35. The Hall–Kier alpha value is -1.64. The van der Waals surface area contributed by atoms with E-state index in [1.807, 2.05) is 6.92 Å². The molecule has 1 fully saturated rings. The Labute approximate surface area is 107 Å². The molecule has 1 saturated heterocycles. The van der Waals surface area contributed by atoms with Crippen LogP contribution in [0.2, 0.25) is 0 Å². The average Bonchev–Trinajstić information content (AvgIpc) is 2.85. The monoisotopic (exact) mass is 247 g/mol. The first-order valence-electron chi connectivity index (χ1n) is 5.93. The zero-order valence-corrected chi connectivity index (χ0v) is 10.7. The van der Waals surface area contributed by atoms with E-state index in [2.05, 4.69) is 16.4 Å². The van der Waals surface area contributed by atoms with E-state index in [9.17, 15) is 0 Å². The van der Waals surface area contributed by atoms with Gasteiger partial charge in [0.05, 0.1) is 18.2 Å². The van der Waals surface area contributed by atoms with Gasteiger partial charge in [0.2, 0.25) is 0 Å². The van der Waals surface area contributed by atoms with E-state index in [0.717, 1.165) is 18.7 Å². The molecule has 1 aliphatic heterocycles. The minimum atomic E-state index is -0.280. The number of hydrogen-bond acceptors (Lipinski definition) is 5. The molecule has 2 rings (SSSR count). The van der Waals surface area contributed by atoms with Crippen LogP contribution in [0.1, 0.15) is 17.7 Å². The standard InChI is InChI=1S/C13H17N3O2/c1-10-5-11(7-14)6-12(16-10)15-8-13(17-2)3-4-18-9-13/h5-6H,3-4,8-9H2,1-2H3,(H,15,16). The molecule has 96 valence electrons. The molecule has 0 aliphatic carbocycles. The van der Waals surface area contributed by atoms with Gasteiger partial charge in [-0.05, 0) is 19.1 Å². The van der Waals surface area contributed by atoms with E-state index in [4.69, 9.17) is 14.7 Å². The van der Waals surface area contributed by atoms with Crippen molar-refractivity contribution in [3.8, 4) is 6.07 Å².